The minimum atomic E-state index is -1.39. The van der Waals surface area contributed by atoms with Crippen molar-refractivity contribution in [3.8, 4) is 0 Å². The Morgan fingerprint density at radius 3 is 2.43 bits per heavy atom. The molecule has 0 heterocycles. The summed E-state index contributed by atoms with van der Waals surface area (Å²) >= 11 is 2.78. The van der Waals surface area contributed by atoms with Gasteiger partial charge in [-0.05, 0) is 52.7 Å². The molecule has 0 aromatic heterocycles. The summed E-state index contributed by atoms with van der Waals surface area (Å²) in [5.74, 6) is -3.86. The zero-order valence-electron chi connectivity index (χ0n) is 12.1. The molecule has 8 heteroatoms. The summed E-state index contributed by atoms with van der Waals surface area (Å²) in [6.07, 6.45) is 1.52. The maximum atomic E-state index is 14.1. The van der Waals surface area contributed by atoms with E-state index in [9.17, 15) is 22.9 Å². The van der Waals surface area contributed by atoms with Crippen LogP contribution in [0.25, 0.3) is 0 Å². The van der Waals surface area contributed by atoms with Crippen LogP contribution >= 0.6 is 15.9 Å². The molecule has 4 nitrogen and oxygen atoms in total. The van der Waals surface area contributed by atoms with Crippen molar-refractivity contribution in [3.05, 3.63) is 51.5 Å². The summed E-state index contributed by atoms with van der Waals surface area (Å²) in [5, 5.41) is 11.8. The predicted octanol–water partition coefficient (Wildman–Crippen LogP) is 4.21. The van der Waals surface area contributed by atoms with E-state index in [-0.39, 0.29) is 4.47 Å². The number of rotatable bonds is 4. The molecule has 2 aromatic rings. The lowest BCUT2D eigenvalue weighted by Crippen LogP contribution is -2.08. The van der Waals surface area contributed by atoms with E-state index in [1.54, 1.807) is 19.1 Å². The van der Waals surface area contributed by atoms with Crippen molar-refractivity contribution in [2.75, 3.05) is 11.6 Å². The van der Waals surface area contributed by atoms with Crippen molar-refractivity contribution in [2.45, 2.75) is 11.8 Å². The third-order valence-corrected chi connectivity index (χ3v) is 4.68. The first-order valence-electron chi connectivity index (χ1n) is 6.34. The van der Waals surface area contributed by atoms with Crippen LogP contribution in [0.1, 0.15) is 15.9 Å². The number of carboxylic acid groups (broad SMARTS) is 1. The molecule has 2 aromatic carbocycles. The Balaban J connectivity index is 2.54. The zero-order valence-corrected chi connectivity index (χ0v) is 14.5. The molecule has 0 radical (unpaired) electrons. The highest BCUT2D eigenvalue weighted by atomic mass is 79.9. The summed E-state index contributed by atoms with van der Waals surface area (Å²) in [4.78, 5) is 11.8. The Bertz CT molecular complexity index is 827. The van der Waals surface area contributed by atoms with Gasteiger partial charge in [0, 0.05) is 27.6 Å². The molecule has 122 valence electrons. The van der Waals surface area contributed by atoms with Crippen molar-refractivity contribution in [3.63, 3.8) is 0 Å². The normalized spacial score (nSPS) is 12.0. The second-order valence-corrected chi connectivity index (χ2v) is 7.00. The van der Waals surface area contributed by atoms with E-state index in [4.69, 9.17) is 0 Å². The van der Waals surface area contributed by atoms with E-state index < -0.39 is 39.7 Å². The molecule has 1 unspecified atom stereocenters. The van der Waals surface area contributed by atoms with Crippen molar-refractivity contribution in [2.24, 2.45) is 0 Å². The van der Waals surface area contributed by atoms with Gasteiger partial charge in [-0.1, -0.05) is 0 Å². The van der Waals surface area contributed by atoms with Crippen LogP contribution in [0.2, 0.25) is 0 Å². The van der Waals surface area contributed by atoms with E-state index in [1.165, 1.54) is 12.3 Å². The Morgan fingerprint density at radius 1 is 1.26 bits per heavy atom. The van der Waals surface area contributed by atoms with Gasteiger partial charge in [-0.3, -0.25) is 4.21 Å². The van der Waals surface area contributed by atoms with Crippen molar-refractivity contribution >= 4 is 44.1 Å². The Kier molecular flexibility index (Phi) is 5.16. The molecule has 0 saturated heterocycles. The highest BCUT2D eigenvalue weighted by Gasteiger charge is 2.22. The van der Waals surface area contributed by atoms with E-state index >= 15 is 0 Å². The standard InChI is InChI=1S/C15H12BrF2NO3S/c1-7-5-8(23(2)22)3-4-11(7)19-14-9(15(20)21)6-10(16)12(17)13(14)18/h3-6,19H,1-2H3,(H,20,21). The van der Waals surface area contributed by atoms with Crippen LogP contribution in [-0.4, -0.2) is 21.5 Å². The van der Waals surface area contributed by atoms with Crippen molar-refractivity contribution in [1.29, 1.82) is 0 Å². The van der Waals surface area contributed by atoms with Crippen LogP contribution < -0.4 is 5.32 Å². The SMILES string of the molecule is Cc1cc(S(C)=O)ccc1Nc1c(C(=O)O)cc(Br)c(F)c1F. The van der Waals surface area contributed by atoms with E-state index in [0.717, 1.165) is 6.07 Å². The number of halogens is 3. The minimum Gasteiger partial charge on any atom is -0.478 e. The van der Waals surface area contributed by atoms with Crippen LogP contribution in [-0.2, 0) is 10.8 Å². The van der Waals surface area contributed by atoms with Gasteiger partial charge in [-0.2, -0.15) is 0 Å². The Morgan fingerprint density at radius 2 is 1.91 bits per heavy atom. The number of aryl methyl sites for hydroxylation is 1. The predicted molar refractivity (Wildman–Crippen MR) is 87.8 cm³/mol. The second-order valence-electron chi connectivity index (χ2n) is 4.77. The molecule has 2 N–H and O–H groups in total. The monoisotopic (exact) mass is 403 g/mol. The molecule has 0 amide bonds. The zero-order chi connectivity index (χ0) is 17.3. The number of hydrogen-bond acceptors (Lipinski definition) is 3. The molecule has 0 spiro atoms. The quantitative estimate of drug-likeness (QED) is 0.750. The van der Waals surface area contributed by atoms with Gasteiger partial charge in [0.05, 0.1) is 15.7 Å². The van der Waals surface area contributed by atoms with Gasteiger partial charge in [0.15, 0.2) is 11.6 Å². The minimum absolute atomic E-state index is 0.272. The van der Waals surface area contributed by atoms with Gasteiger partial charge < -0.3 is 10.4 Å². The summed E-state index contributed by atoms with van der Waals surface area (Å²) in [6.45, 7) is 1.69. The topological polar surface area (TPSA) is 66.4 Å². The molecule has 2 rings (SSSR count). The highest BCUT2D eigenvalue weighted by Crippen LogP contribution is 2.32. The molecule has 23 heavy (non-hydrogen) atoms. The van der Waals surface area contributed by atoms with Crippen LogP contribution in [0.5, 0.6) is 0 Å². The smallest absolute Gasteiger partial charge is 0.337 e. The van der Waals surface area contributed by atoms with Crippen LogP contribution in [0.15, 0.2) is 33.6 Å². The highest BCUT2D eigenvalue weighted by molar-refractivity contribution is 9.10. The van der Waals surface area contributed by atoms with E-state index in [1.807, 2.05) is 0 Å². The van der Waals surface area contributed by atoms with E-state index in [0.29, 0.717) is 16.1 Å². The first-order chi connectivity index (χ1) is 10.7. The molecule has 0 aliphatic heterocycles. The second kappa shape index (κ2) is 6.76. The lowest BCUT2D eigenvalue weighted by Gasteiger charge is -2.14. The molecule has 0 aliphatic rings. The molecule has 0 aliphatic carbocycles. The number of hydrogen-bond donors (Lipinski definition) is 2. The third-order valence-electron chi connectivity index (χ3n) is 3.18. The number of carbonyl (C=O) groups is 1. The lowest BCUT2D eigenvalue weighted by atomic mass is 10.1. The van der Waals surface area contributed by atoms with Crippen LogP contribution in [0.4, 0.5) is 20.2 Å². The lowest BCUT2D eigenvalue weighted by molar-refractivity contribution is 0.0697. The summed E-state index contributed by atoms with van der Waals surface area (Å²) in [5.41, 5.74) is 0.143. The summed E-state index contributed by atoms with van der Waals surface area (Å²) in [6, 6.07) is 5.73. The van der Waals surface area contributed by atoms with Gasteiger partial charge in [-0.25, -0.2) is 13.6 Å². The van der Waals surface area contributed by atoms with Crippen LogP contribution in [0, 0.1) is 18.6 Å². The summed E-state index contributed by atoms with van der Waals surface area (Å²) in [7, 11) is -1.18. The van der Waals surface area contributed by atoms with Gasteiger partial charge >= 0.3 is 5.97 Å². The van der Waals surface area contributed by atoms with E-state index in [2.05, 4.69) is 21.2 Å². The number of anilines is 2. The first kappa shape index (κ1) is 17.6. The maximum Gasteiger partial charge on any atom is 0.337 e. The fourth-order valence-corrected chi connectivity index (χ4v) is 2.98. The van der Waals surface area contributed by atoms with Crippen molar-refractivity contribution < 1.29 is 22.9 Å². The third kappa shape index (κ3) is 3.59. The molecule has 0 saturated carbocycles. The van der Waals surface area contributed by atoms with Gasteiger partial charge in [0.1, 0.15) is 0 Å². The number of benzene rings is 2. The largest absolute Gasteiger partial charge is 0.478 e. The molecular weight excluding hydrogens is 392 g/mol. The number of nitrogens with one attached hydrogen (secondary N) is 1. The number of aromatic carboxylic acids is 1. The average Bonchev–Trinajstić information content (AvgIpc) is 2.48. The fourth-order valence-electron chi connectivity index (χ4n) is 1.98. The number of carboxylic acids is 1. The first-order valence-corrected chi connectivity index (χ1v) is 8.69. The van der Waals surface area contributed by atoms with Gasteiger partial charge in [0.2, 0.25) is 0 Å². The van der Waals surface area contributed by atoms with Gasteiger partial charge in [-0.15, -0.1) is 0 Å². The Hall–Kier alpha value is -1.80. The maximum absolute atomic E-state index is 14.1. The molecular formula is C15H12BrF2NO3S. The van der Waals surface area contributed by atoms with Crippen molar-refractivity contribution in [1.82, 2.24) is 0 Å². The summed E-state index contributed by atoms with van der Waals surface area (Å²) < 4.78 is 39.0. The molecule has 0 bridgehead atoms. The fraction of sp³-hybridized carbons (Fsp3) is 0.133. The average molecular weight is 404 g/mol. The molecule has 1 atom stereocenters. The van der Waals surface area contributed by atoms with Gasteiger partial charge in [0.25, 0.3) is 0 Å². The Labute approximate surface area is 142 Å². The molecule has 0 fully saturated rings. The van der Waals surface area contributed by atoms with Crippen LogP contribution in [0.3, 0.4) is 0 Å².